The van der Waals surface area contributed by atoms with Crippen LogP contribution in [-0.2, 0) is 0 Å². The van der Waals surface area contributed by atoms with E-state index in [1.165, 1.54) is 44.2 Å². The van der Waals surface area contributed by atoms with Crippen molar-refractivity contribution in [2.75, 3.05) is 13.6 Å². The van der Waals surface area contributed by atoms with Gasteiger partial charge in [0.1, 0.15) is 0 Å². The molecule has 0 fully saturated rings. The zero-order valence-corrected chi connectivity index (χ0v) is 13.2. The third kappa shape index (κ3) is 9.52. The van der Waals surface area contributed by atoms with Crippen LogP contribution in [0.1, 0.15) is 66.2 Å². The van der Waals surface area contributed by atoms with Gasteiger partial charge < -0.3 is 10.6 Å². The first-order chi connectivity index (χ1) is 8.63. The fourth-order valence-corrected chi connectivity index (χ4v) is 1.93. The van der Waals surface area contributed by atoms with Gasteiger partial charge in [-0.25, -0.2) is 0 Å². The Hall–Kier alpha value is -0.500. The van der Waals surface area contributed by atoms with Crippen LogP contribution in [0.2, 0.25) is 0 Å². The molecule has 2 unspecified atom stereocenters. The van der Waals surface area contributed by atoms with Crippen molar-refractivity contribution in [2.24, 2.45) is 5.92 Å². The molecule has 2 atom stereocenters. The molecule has 18 heavy (non-hydrogen) atoms. The zero-order valence-electron chi connectivity index (χ0n) is 13.2. The monoisotopic (exact) mass is 254 g/mol. The predicted molar refractivity (Wildman–Crippen MR) is 82.8 cm³/mol. The second-order valence-corrected chi connectivity index (χ2v) is 5.44. The molecule has 0 amide bonds. The molecule has 2 nitrogen and oxygen atoms in total. The summed E-state index contributed by atoms with van der Waals surface area (Å²) in [5, 5.41) is 6.91. The molecule has 108 valence electrons. The maximum Gasteiger partial charge on any atom is 0.0143 e. The topological polar surface area (TPSA) is 24.1 Å². The van der Waals surface area contributed by atoms with Crippen LogP contribution in [0.5, 0.6) is 0 Å². The Morgan fingerprint density at radius 1 is 1.17 bits per heavy atom. The highest BCUT2D eigenvalue weighted by Crippen LogP contribution is 2.10. The van der Waals surface area contributed by atoms with Gasteiger partial charge in [0.05, 0.1) is 0 Å². The highest BCUT2D eigenvalue weighted by molar-refractivity contribution is 5.01. The number of hydrogen-bond acceptors (Lipinski definition) is 2. The van der Waals surface area contributed by atoms with Crippen molar-refractivity contribution in [3.05, 3.63) is 11.8 Å². The zero-order chi connectivity index (χ0) is 13.8. The van der Waals surface area contributed by atoms with E-state index in [-0.39, 0.29) is 0 Å². The van der Waals surface area contributed by atoms with E-state index in [4.69, 9.17) is 0 Å². The van der Waals surface area contributed by atoms with Crippen LogP contribution >= 0.6 is 0 Å². The average molecular weight is 254 g/mol. The van der Waals surface area contributed by atoms with Gasteiger partial charge in [-0.2, -0.15) is 0 Å². The van der Waals surface area contributed by atoms with E-state index < -0.39 is 0 Å². The van der Waals surface area contributed by atoms with E-state index >= 15 is 0 Å². The van der Waals surface area contributed by atoms with Gasteiger partial charge in [0, 0.05) is 18.3 Å². The Kier molecular flexibility index (Phi) is 11.3. The minimum absolute atomic E-state index is 0.649. The van der Waals surface area contributed by atoms with Crippen LogP contribution in [0.25, 0.3) is 0 Å². The minimum atomic E-state index is 0.649. The first-order valence-corrected chi connectivity index (χ1v) is 7.75. The Morgan fingerprint density at radius 3 is 2.44 bits per heavy atom. The molecule has 0 aliphatic carbocycles. The van der Waals surface area contributed by atoms with Crippen LogP contribution in [0.15, 0.2) is 11.8 Å². The fraction of sp³-hybridized carbons (Fsp3) is 0.875. The Balaban J connectivity index is 3.80. The van der Waals surface area contributed by atoms with Crippen molar-refractivity contribution < 1.29 is 0 Å². The van der Waals surface area contributed by atoms with Crippen LogP contribution in [0.4, 0.5) is 0 Å². The number of rotatable bonds is 11. The van der Waals surface area contributed by atoms with Gasteiger partial charge in [0.2, 0.25) is 0 Å². The van der Waals surface area contributed by atoms with Gasteiger partial charge in [0.15, 0.2) is 0 Å². The third-order valence-corrected chi connectivity index (χ3v) is 3.56. The lowest BCUT2D eigenvalue weighted by Crippen LogP contribution is -2.21. The van der Waals surface area contributed by atoms with Crippen LogP contribution in [0.3, 0.4) is 0 Å². The first-order valence-electron chi connectivity index (χ1n) is 7.75. The lowest BCUT2D eigenvalue weighted by molar-refractivity contribution is 0.520. The standard InChI is InChI=1S/C16H34N2/c1-6-10-16(13-14(3)7-2)18-12-9-8-11-15(4)17-5/h13-15,17-18H,6-12H2,1-5H3/b16-13+. The number of allylic oxidation sites excluding steroid dienone is 2. The summed E-state index contributed by atoms with van der Waals surface area (Å²) in [5.41, 5.74) is 1.45. The van der Waals surface area contributed by atoms with Gasteiger partial charge in [-0.3, -0.25) is 0 Å². The summed E-state index contributed by atoms with van der Waals surface area (Å²) in [6.07, 6.45) is 9.92. The van der Waals surface area contributed by atoms with E-state index in [0.29, 0.717) is 12.0 Å². The SMILES string of the molecule is CCC/C(=C\C(C)CC)NCCCCC(C)NC. The Labute approximate surface area is 115 Å². The summed E-state index contributed by atoms with van der Waals surface area (Å²) in [6, 6.07) is 0.649. The summed E-state index contributed by atoms with van der Waals surface area (Å²) >= 11 is 0. The van der Waals surface area contributed by atoms with Crippen LogP contribution in [-0.4, -0.2) is 19.6 Å². The second kappa shape index (κ2) is 11.6. The molecule has 0 aliphatic rings. The van der Waals surface area contributed by atoms with E-state index in [1.807, 2.05) is 7.05 Å². The quantitative estimate of drug-likeness (QED) is 0.543. The summed E-state index contributed by atoms with van der Waals surface area (Å²) in [6.45, 7) is 10.2. The van der Waals surface area contributed by atoms with Crippen molar-refractivity contribution in [3.63, 3.8) is 0 Å². The van der Waals surface area contributed by atoms with Gasteiger partial charge in [-0.1, -0.05) is 46.1 Å². The summed E-state index contributed by atoms with van der Waals surface area (Å²) in [4.78, 5) is 0. The molecule has 2 N–H and O–H groups in total. The van der Waals surface area contributed by atoms with E-state index in [1.54, 1.807) is 0 Å². The highest BCUT2D eigenvalue weighted by Gasteiger charge is 2.01. The highest BCUT2D eigenvalue weighted by atomic mass is 14.9. The minimum Gasteiger partial charge on any atom is -0.389 e. The van der Waals surface area contributed by atoms with Crippen molar-refractivity contribution in [3.8, 4) is 0 Å². The second-order valence-electron chi connectivity index (χ2n) is 5.44. The fourth-order valence-electron chi connectivity index (χ4n) is 1.93. The molecule has 0 bridgehead atoms. The molecule has 2 heteroatoms. The van der Waals surface area contributed by atoms with Crippen molar-refractivity contribution in [2.45, 2.75) is 72.3 Å². The maximum absolute atomic E-state index is 3.62. The lowest BCUT2D eigenvalue weighted by atomic mass is 10.1. The molecule has 0 aliphatic heterocycles. The normalized spacial score (nSPS) is 15.5. The Morgan fingerprint density at radius 2 is 1.89 bits per heavy atom. The average Bonchev–Trinajstić information content (AvgIpc) is 2.37. The largest absolute Gasteiger partial charge is 0.389 e. The summed E-state index contributed by atoms with van der Waals surface area (Å²) in [7, 11) is 2.04. The van der Waals surface area contributed by atoms with Crippen LogP contribution in [0, 0.1) is 5.92 Å². The molecule has 0 aromatic carbocycles. The van der Waals surface area contributed by atoms with Gasteiger partial charge >= 0.3 is 0 Å². The van der Waals surface area contributed by atoms with E-state index in [0.717, 1.165) is 6.54 Å². The van der Waals surface area contributed by atoms with Crippen molar-refractivity contribution in [1.82, 2.24) is 10.6 Å². The summed E-state index contributed by atoms with van der Waals surface area (Å²) in [5.74, 6) is 0.698. The molecular weight excluding hydrogens is 220 g/mol. The molecular formula is C16H34N2. The first kappa shape index (κ1) is 17.5. The van der Waals surface area contributed by atoms with Crippen molar-refractivity contribution in [1.29, 1.82) is 0 Å². The predicted octanol–water partition coefficient (Wildman–Crippen LogP) is 4.08. The van der Waals surface area contributed by atoms with Gasteiger partial charge in [-0.15, -0.1) is 0 Å². The molecule has 0 rings (SSSR count). The third-order valence-electron chi connectivity index (χ3n) is 3.56. The number of unbranched alkanes of at least 4 members (excludes halogenated alkanes) is 1. The molecule has 0 radical (unpaired) electrons. The molecule has 0 saturated heterocycles. The number of nitrogens with one attached hydrogen (secondary N) is 2. The van der Waals surface area contributed by atoms with E-state index in [2.05, 4.69) is 44.4 Å². The molecule has 0 aromatic rings. The van der Waals surface area contributed by atoms with Crippen molar-refractivity contribution >= 4 is 0 Å². The maximum atomic E-state index is 3.62. The smallest absolute Gasteiger partial charge is 0.0143 e. The molecule has 0 aromatic heterocycles. The van der Waals surface area contributed by atoms with E-state index in [9.17, 15) is 0 Å². The lowest BCUT2D eigenvalue weighted by Gasteiger charge is -2.14. The Bertz CT molecular complexity index is 211. The summed E-state index contributed by atoms with van der Waals surface area (Å²) < 4.78 is 0. The van der Waals surface area contributed by atoms with Crippen LogP contribution < -0.4 is 10.6 Å². The van der Waals surface area contributed by atoms with Gasteiger partial charge in [-0.05, 0) is 39.2 Å². The molecule has 0 heterocycles. The molecule has 0 saturated carbocycles. The number of hydrogen-bond donors (Lipinski definition) is 2. The van der Waals surface area contributed by atoms with Gasteiger partial charge in [0.25, 0.3) is 0 Å². The molecule has 0 spiro atoms.